The highest BCUT2D eigenvalue weighted by Crippen LogP contribution is 2.11. The lowest BCUT2D eigenvalue weighted by molar-refractivity contribution is 0.259. The highest BCUT2D eigenvalue weighted by atomic mass is 79.9. The van der Waals surface area contributed by atoms with Crippen molar-refractivity contribution in [3.05, 3.63) is 35.9 Å². The van der Waals surface area contributed by atoms with Crippen LogP contribution in [0.3, 0.4) is 0 Å². The lowest BCUT2D eigenvalue weighted by atomic mass is 10.2. The zero-order valence-corrected chi connectivity index (χ0v) is 9.12. The van der Waals surface area contributed by atoms with Crippen molar-refractivity contribution < 1.29 is 4.79 Å². The Morgan fingerprint density at radius 1 is 1.57 bits per heavy atom. The molecule has 0 aromatic heterocycles. The van der Waals surface area contributed by atoms with Gasteiger partial charge in [0.15, 0.2) is 0 Å². The van der Waals surface area contributed by atoms with E-state index in [0.29, 0.717) is 5.69 Å². The Morgan fingerprint density at radius 2 is 2.36 bits per heavy atom. The van der Waals surface area contributed by atoms with Gasteiger partial charge in [0.2, 0.25) is 0 Å². The number of urea groups is 1. The first-order chi connectivity index (χ1) is 6.72. The zero-order valence-electron chi connectivity index (χ0n) is 7.53. The van der Waals surface area contributed by atoms with Crippen LogP contribution in [0.4, 0.5) is 10.5 Å². The van der Waals surface area contributed by atoms with Gasteiger partial charge >= 0.3 is 6.03 Å². The number of carbonyl (C=O) groups excluding carboxylic acids is 1. The number of allylic oxidation sites excluding steroid dienone is 1. The van der Waals surface area contributed by atoms with Crippen LogP contribution in [-0.2, 0) is 0 Å². The van der Waals surface area contributed by atoms with Gasteiger partial charge in [0, 0.05) is 11.0 Å². The van der Waals surface area contributed by atoms with Crippen molar-refractivity contribution >= 4 is 33.7 Å². The number of alkyl halides is 1. The van der Waals surface area contributed by atoms with Gasteiger partial charge in [0.25, 0.3) is 0 Å². The maximum absolute atomic E-state index is 10.6. The summed E-state index contributed by atoms with van der Waals surface area (Å²) in [5.41, 5.74) is 6.73. The molecule has 74 valence electrons. The van der Waals surface area contributed by atoms with Crippen LogP contribution in [0.2, 0.25) is 0 Å². The largest absolute Gasteiger partial charge is 0.351 e. The molecule has 0 atom stereocenters. The molecule has 3 N–H and O–H groups in total. The van der Waals surface area contributed by atoms with Crippen molar-refractivity contribution in [2.45, 2.75) is 0 Å². The van der Waals surface area contributed by atoms with Gasteiger partial charge in [-0.25, -0.2) is 4.79 Å². The van der Waals surface area contributed by atoms with E-state index >= 15 is 0 Å². The van der Waals surface area contributed by atoms with Gasteiger partial charge in [0.1, 0.15) is 0 Å². The molecule has 0 unspecified atom stereocenters. The second-order valence-electron chi connectivity index (χ2n) is 2.67. The average Bonchev–Trinajstić information content (AvgIpc) is 2.14. The average molecular weight is 255 g/mol. The molecule has 0 fully saturated rings. The number of rotatable bonds is 3. The molecule has 1 aromatic rings. The van der Waals surface area contributed by atoms with Gasteiger partial charge < -0.3 is 11.1 Å². The minimum absolute atomic E-state index is 0.549. The normalized spacial score (nSPS) is 10.4. The molecule has 0 spiro atoms. The fourth-order valence-electron chi connectivity index (χ4n) is 1.04. The second kappa shape index (κ2) is 5.44. The third kappa shape index (κ3) is 3.62. The quantitative estimate of drug-likeness (QED) is 0.801. The van der Waals surface area contributed by atoms with Crippen LogP contribution in [-0.4, -0.2) is 11.4 Å². The first kappa shape index (κ1) is 10.8. The molecule has 1 rings (SSSR count). The standard InChI is InChI=1S/C10H11BrN2O/c11-6-2-4-8-3-1-5-9(7-8)13-10(12)14/h1-5,7H,6H2,(H3,12,13,14). The SMILES string of the molecule is NC(=O)Nc1cccc(C=CCBr)c1. The maximum Gasteiger partial charge on any atom is 0.316 e. The molecular weight excluding hydrogens is 244 g/mol. The van der Waals surface area contributed by atoms with E-state index in [4.69, 9.17) is 5.73 Å². The minimum atomic E-state index is -0.549. The summed E-state index contributed by atoms with van der Waals surface area (Å²) in [7, 11) is 0. The van der Waals surface area contributed by atoms with Gasteiger partial charge in [-0.05, 0) is 17.7 Å². The first-order valence-electron chi connectivity index (χ1n) is 4.11. The van der Waals surface area contributed by atoms with E-state index in [1.807, 2.05) is 30.4 Å². The van der Waals surface area contributed by atoms with Crippen LogP contribution in [0.25, 0.3) is 6.08 Å². The summed E-state index contributed by atoms with van der Waals surface area (Å²) >= 11 is 3.29. The van der Waals surface area contributed by atoms with Crippen molar-refractivity contribution in [1.29, 1.82) is 0 Å². The van der Waals surface area contributed by atoms with E-state index in [1.165, 1.54) is 0 Å². The van der Waals surface area contributed by atoms with Crippen LogP contribution in [0.1, 0.15) is 5.56 Å². The van der Waals surface area contributed by atoms with Gasteiger partial charge in [-0.2, -0.15) is 0 Å². The molecule has 0 saturated heterocycles. The van der Waals surface area contributed by atoms with E-state index in [0.717, 1.165) is 10.9 Å². The molecule has 0 aliphatic carbocycles. The number of hydrogen-bond acceptors (Lipinski definition) is 1. The Labute approximate surface area is 91.1 Å². The summed E-state index contributed by atoms with van der Waals surface area (Å²) in [5, 5.41) is 3.32. The molecule has 0 aliphatic rings. The van der Waals surface area contributed by atoms with Crippen molar-refractivity contribution in [3.63, 3.8) is 0 Å². The summed E-state index contributed by atoms with van der Waals surface area (Å²) in [5.74, 6) is 0. The summed E-state index contributed by atoms with van der Waals surface area (Å²) in [4.78, 5) is 10.6. The Hall–Kier alpha value is -1.29. The number of benzene rings is 1. The number of carbonyl (C=O) groups is 1. The first-order valence-corrected chi connectivity index (χ1v) is 5.23. The Bertz CT molecular complexity index is 350. The van der Waals surface area contributed by atoms with Crippen LogP contribution in [0, 0.1) is 0 Å². The number of nitrogens with two attached hydrogens (primary N) is 1. The molecule has 0 heterocycles. The smallest absolute Gasteiger partial charge is 0.316 e. The molecule has 1 aromatic carbocycles. The van der Waals surface area contributed by atoms with Crippen molar-refractivity contribution in [2.75, 3.05) is 10.6 Å². The number of primary amides is 1. The summed E-state index contributed by atoms with van der Waals surface area (Å²) in [6.07, 6.45) is 3.93. The van der Waals surface area contributed by atoms with Gasteiger partial charge in [-0.3, -0.25) is 0 Å². The van der Waals surface area contributed by atoms with E-state index in [-0.39, 0.29) is 0 Å². The monoisotopic (exact) mass is 254 g/mol. The molecule has 4 heteroatoms. The second-order valence-corrected chi connectivity index (χ2v) is 3.32. The van der Waals surface area contributed by atoms with Crippen LogP contribution >= 0.6 is 15.9 Å². The lowest BCUT2D eigenvalue weighted by Gasteiger charge is -2.01. The highest BCUT2D eigenvalue weighted by molar-refractivity contribution is 9.09. The Balaban J connectivity index is 2.78. The maximum atomic E-state index is 10.6. The van der Waals surface area contributed by atoms with E-state index in [1.54, 1.807) is 6.07 Å². The summed E-state index contributed by atoms with van der Waals surface area (Å²) < 4.78 is 0. The van der Waals surface area contributed by atoms with Crippen molar-refractivity contribution in [2.24, 2.45) is 5.73 Å². The summed E-state index contributed by atoms with van der Waals surface area (Å²) in [6.45, 7) is 0. The molecule has 0 saturated carbocycles. The number of halogens is 1. The van der Waals surface area contributed by atoms with Crippen LogP contribution in [0.5, 0.6) is 0 Å². The molecule has 0 aliphatic heterocycles. The van der Waals surface area contributed by atoms with Crippen LogP contribution in [0.15, 0.2) is 30.3 Å². The van der Waals surface area contributed by atoms with E-state index in [2.05, 4.69) is 21.2 Å². The molecular formula is C10H11BrN2O. The van der Waals surface area contributed by atoms with Crippen molar-refractivity contribution in [3.8, 4) is 0 Å². The fourth-order valence-corrected chi connectivity index (χ4v) is 1.23. The minimum Gasteiger partial charge on any atom is -0.351 e. The van der Waals surface area contributed by atoms with E-state index in [9.17, 15) is 4.79 Å². The summed E-state index contributed by atoms with van der Waals surface area (Å²) in [6, 6.07) is 6.90. The van der Waals surface area contributed by atoms with Gasteiger partial charge in [0.05, 0.1) is 0 Å². The fraction of sp³-hybridized carbons (Fsp3) is 0.100. The molecule has 0 radical (unpaired) electrons. The number of amides is 2. The van der Waals surface area contributed by atoms with Gasteiger partial charge in [-0.15, -0.1) is 0 Å². The predicted molar refractivity (Wildman–Crippen MR) is 62.5 cm³/mol. The Morgan fingerprint density at radius 3 is 3.00 bits per heavy atom. The number of nitrogens with one attached hydrogen (secondary N) is 1. The molecule has 14 heavy (non-hydrogen) atoms. The zero-order chi connectivity index (χ0) is 10.4. The lowest BCUT2D eigenvalue weighted by Crippen LogP contribution is -2.19. The van der Waals surface area contributed by atoms with Crippen molar-refractivity contribution in [1.82, 2.24) is 0 Å². The third-order valence-electron chi connectivity index (χ3n) is 1.55. The number of anilines is 1. The highest BCUT2D eigenvalue weighted by Gasteiger charge is 1.95. The Kier molecular flexibility index (Phi) is 4.19. The molecule has 3 nitrogen and oxygen atoms in total. The predicted octanol–water partition coefficient (Wildman–Crippen LogP) is 2.59. The number of hydrogen-bond donors (Lipinski definition) is 2. The molecule has 2 amide bonds. The third-order valence-corrected chi connectivity index (χ3v) is 1.93. The van der Waals surface area contributed by atoms with Crippen LogP contribution < -0.4 is 11.1 Å². The topological polar surface area (TPSA) is 55.1 Å². The molecule has 0 bridgehead atoms. The van der Waals surface area contributed by atoms with Gasteiger partial charge in [-0.1, -0.05) is 40.2 Å². The van der Waals surface area contributed by atoms with E-state index < -0.39 is 6.03 Å².